The SMILES string of the molecule is COC(=O)CC(C)(O)c1ccc(Oc2cccc(F)c2)cc1. The van der Waals surface area contributed by atoms with Gasteiger partial charge in [-0.2, -0.15) is 0 Å². The second-order valence-electron chi connectivity index (χ2n) is 5.11. The number of benzene rings is 2. The normalized spacial score (nSPS) is 13.3. The first-order valence-electron chi connectivity index (χ1n) is 6.74. The van der Waals surface area contributed by atoms with Crippen LogP contribution in [-0.2, 0) is 15.1 Å². The smallest absolute Gasteiger partial charge is 0.308 e. The Labute approximate surface area is 128 Å². The van der Waals surface area contributed by atoms with E-state index in [4.69, 9.17) is 4.74 Å². The lowest BCUT2D eigenvalue weighted by Crippen LogP contribution is -2.25. The molecule has 2 aromatic carbocycles. The van der Waals surface area contributed by atoms with Crippen LogP contribution in [0.5, 0.6) is 11.5 Å². The van der Waals surface area contributed by atoms with Gasteiger partial charge in [-0.25, -0.2) is 4.39 Å². The summed E-state index contributed by atoms with van der Waals surface area (Å²) < 4.78 is 23.2. The molecule has 1 N–H and O–H groups in total. The number of hydrogen-bond donors (Lipinski definition) is 1. The largest absolute Gasteiger partial charge is 0.469 e. The van der Waals surface area contributed by atoms with Crippen LogP contribution in [0.4, 0.5) is 4.39 Å². The van der Waals surface area contributed by atoms with Gasteiger partial charge in [-0.15, -0.1) is 0 Å². The molecule has 1 unspecified atom stereocenters. The molecule has 0 saturated heterocycles. The Balaban J connectivity index is 2.11. The van der Waals surface area contributed by atoms with Gasteiger partial charge in [0, 0.05) is 6.07 Å². The van der Waals surface area contributed by atoms with Gasteiger partial charge in [0.2, 0.25) is 0 Å². The Kier molecular flexibility index (Phi) is 4.78. The molecule has 0 aliphatic carbocycles. The average molecular weight is 304 g/mol. The summed E-state index contributed by atoms with van der Waals surface area (Å²) in [4.78, 5) is 11.3. The predicted octanol–water partition coefficient (Wildman–Crippen LogP) is 3.39. The number of ether oxygens (including phenoxy) is 2. The number of aliphatic hydroxyl groups is 1. The van der Waals surface area contributed by atoms with Gasteiger partial charge in [0.05, 0.1) is 19.1 Å². The van der Waals surface area contributed by atoms with Crippen LogP contribution in [-0.4, -0.2) is 18.2 Å². The molecule has 0 saturated carbocycles. The Hall–Kier alpha value is -2.40. The summed E-state index contributed by atoms with van der Waals surface area (Å²) in [6.07, 6.45) is -0.145. The molecule has 0 amide bonds. The summed E-state index contributed by atoms with van der Waals surface area (Å²) in [6, 6.07) is 12.4. The van der Waals surface area contributed by atoms with E-state index in [-0.39, 0.29) is 12.2 Å². The first-order chi connectivity index (χ1) is 10.4. The number of carbonyl (C=O) groups excluding carboxylic acids is 1. The summed E-state index contributed by atoms with van der Waals surface area (Å²) in [6.45, 7) is 1.53. The lowest BCUT2D eigenvalue weighted by Gasteiger charge is -2.22. The van der Waals surface area contributed by atoms with Crippen LogP contribution < -0.4 is 4.74 Å². The zero-order chi connectivity index (χ0) is 16.2. The molecular weight excluding hydrogens is 287 g/mol. The molecule has 0 aromatic heterocycles. The maximum Gasteiger partial charge on any atom is 0.308 e. The van der Waals surface area contributed by atoms with E-state index in [1.165, 1.54) is 26.2 Å². The van der Waals surface area contributed by atoms with Gasteiger partial charge < -0.3 is 14.6 Å². The van der Waals surface area contributed by atoms with Crippen molar-refractivity contribution in [3.63, 3.8) is 0 Å². The summed E-state index contributed by atoms with van der Waals surface area (Å²) in [7, 11) is 1.27. The first kappa shape index (κ1) is 16.0. The fraction of sp³-hybridized carbons (Fsp3) is 0.235. The van der Waals surface area contributed by atoms with Crippen LogP contribution in [0.15, 0.2) is 48.5 Å². The number of esters is 1. The molecule has 0 fully saturated rings. The average Bonchev–Trinajstić information content (AvgIpc) is 2.47. The number of hydrogen-bond acceptors (Lipinski definition) is 4. The van der Waals surface area contributed by atoms with Gasteiger partial charge in [-0.05, 0) is 36.8 Å². The van der Waals surface area contributed by atoms with Crippen molar-refractivity contribution in [3.05, 3.63) is 59.9 Å². The fourth-order valence-corrected chi connectivity index (χ4v) is 2.00. The number of rotatable bonds is 5. The van der Waals surface area contributed by atoms with Gasteiger partial charge in [-0.1, -0.05) is 18.2 Å². The van der Waals surface area contributed by atoms with Crippen molar-refractivity contribution in [1.29, 1.82) is 0 Å². The highest BCUT2D eigenvalue weighted by atomic mass is 19.1. The number of carbonyl (C=O) groups is 1. The minimum Gasteiger partial charge on any atom is -0.469 e. The van der Waals surface area contributed by atoms with E-state index in [9.17, 15) is 14.3 Å². The summed E-state index contributed by atoms with van der Waals surface area (Å²) in [5, 5.41) is 10.3. The molecule has 4 nitrogen and oxygen atoms in total. The van der Waals surface area contributed by atoms with Crippen LogP contribution in [0.25, 0.3) is 0 Å². The molecule has 0 aliphatic heterocycles. The summed E-state index contributed by atoms with van der Waals surface area (Å²) in [5.41, 5.74) is -0.769. The lowest BCUT2D eigenvalue weighted by molar-refractivity contribution is -0.145. The van der Waals surface area contributed by atoms with Crippen molar-refractivity contribution in [2.45, 2.75) is 18.9 Å². The van der Waals surface area contributed by atoms with Gasteiger partial charge in [0.25, 0.3) is 0 Å². The van der Waals surface area contributed by atoms with Crippen molar-refractivity contribution >= 4 is 5.97 Å². The van der Waals surface area contributed by atoms with E-state index < -0.39 is 11.6 Å². The molecule has 0 radical (unpaired) electrons. The van der Waals surface area contributed by atoms with Gasteiger partial charge in [0.1, 0.15) is 17.3 Å². The third-order valence-corrected chi connectivity index (χ3v) is 3.22. The highest BCUT2D eigenvalue weighted by Crippen LogP contribution is 2.28. The minimum absolute atomic E-state index is 0.145. The molecule has 2 rings (SSSR count). The monoisotopic (exact) mass is 304 g/mol. The molecule has 2 aromatic rings. The summed E-state index contributed by atoms with van der Waals surface area (Å²) >= 11 is 0. The van der Waals surface area contributed by atoms with Crippen molar-refractivity contribution in [2.75, 3.05) is 7.11 Å². The third kappa shape index (κ3) is 4.05. The van der Waals surface area contributed by atoms with Crippen molar-refractivity contribution < 1.29 is 23.8 Å². The van der Waals surface area contributed by atoms with Gasteiger partial charge in [-0.3, -0.25) is 4.79 Å². The van der Waals surface area contributed by atoms with Crippen LogP contribution >= 0.6 is 0 Å². The topological polar surface area (TPSA) is 55.8 Å². The van der Waals surface area contributed by atoms with Gasteiger partial charge >= 0.3 is 5.97 Å². The lowest BCUT2D eigenvalue weighted by atomic mass is 9.92. The molecule has 0 heterocycles. The maximum absolute atomic E-state index is 13.1. The Bertz CT molecular complexity index is 650. The quantitative estimate of drug-likeness (QED) is 0.860. The highest BCUT2D eigenvalue weighted by molar-refractivity contribution is 5.70. The maximum atomic E-state index is 13.1. The van der Waals surface area contributed by atoms with Crippen LogP contribution in [0, 0.1) is 5.82 Å². The molecule has 0 spiro atoms. The van der Waals surface area contributed by atoms with E-state index in [0.29, 0.717) is 17.1 Å². The molecule has 5 heteroatoms. The van der Waals surface area contributed by atoms with Crippen LogP contribution in [0.2, 0.25) is 0 Å². The molecule has 116 valence electrons. The van der Waals surface area contributed by atoms with Crippen molar-refractivity contribution in [1.82, 2.24) is 0 Å². The second kappa shape index (κ2) is 6.58. The predicted molar refractivity (Wildman–Crippen MR) is 79.1 cm³/mol. The third-order valence-electron chi connectivity index (χ3n) is 3.22. The molecule has 1 atom stereocenters. The minimum atomic E-state index is -1.33. The van der Waals surface area contributed by atoms with E-state index in [1.54, 1.807) is 36.4 Å². The zero-order valence-electron chi connectivity index (χ0n) is 12.4. The molecule has 0 bridgehead atoms. The first-order valence-corrected chi connectivity index (χ1v) is 6.74. The van der Waals surface area contributed by atoms with E-state index in [0.717, 1.165) is 0 Å². The Morgan fingerprint density at radius 1 is 1.18 bits per heavy atom. The zero-order valence-corrected chi connectivity index (χ0v) is 12.4. The van der Waals surface area contributed by atoms with Crippen molar-refractivity contribution in [2.24, 2.45) is 0 Å². The van der Waals surface area contributed by atoms with Gasteiger partial charge in [0.15, 0.2) is 0 Å². The fourth-order valence-electron chi connectivity index (χ4n) is 2.00. The molecule has 22 heavy (non-hydrogen) atoms. The standard InChI is InChI=1S/C17H17FO4/c1-17(20,11-16(19)21-2)12-6-8-14(9-7-12)22-15-5-3-4-13(18)10-15/h3-10,20H,11H2,1-2H3. The summed E-state index contributed by atoms with van der Waals surface area (Å²) in [5.74, 6) is 0.0116. The number of halogens is 1. The second-order valence-corrected chi connectivity index (χ2v) is 5.11. The number of methoxy groups -OCH3 is 1. The Morgan fingerprint density at radius 2 is 1.86 bits per heavy atom. The van der Waals surface area contributed by atoms with Crippen LogP contribution in [0.1, 0.15) is 18.9 Å². The van der Waals surface area contributed by atoms with E-state index in [1.807, 2.05) is 0 Å². The van der Waals surface area contributed by atoms with E-state index in [2.05, 4.69) is 4.74 Å². The molecule has 0 aliphatic rings. The molecular formula is C17H17FO4. The highest BCUT2D eigenvalue weighted by Gasteiger charge is 2.27. The van der Waals surface area contributed by atoms with E-state index >= 15 is 0 Å². The van der Waals surface area contributed by atoms with Crippen LogP contribution in [0.3, 0.4) is 0 Å². The Morgan fingerprint density at radius 3 is 2.45 bits per heavy atom. The van der Waals surface area contributed by atoms with Crippen molar-refractivity contribution in [3.8, 4) is 11.5 Å².